The number of hydrogen-bond acceptors (Lipinski definition) is 4. The third-order valence-corrected chi connectivity index (χ3v) is 4.22. The number of pyridine rings is 1. The van der Waals surface area contributed by atoms with Crippen molar-refractivity contribution in [2.24, 2.45) is 5.92 Å². The lowest BCUT2D eigenvalue weighted by molar-refractivity contribution is 0.226. The molecular formula is C16H22N4. The quantitative estimate of drug-likeness (QED) is 0.842. The van der Waals surface area contributed by atoms with Crippen molar-refractivity contribution < 1.29 is 0 Å². The van der Waals surface area contributed by atoms with Gasteiger partial charge in [-0.2, -0.15) is 0 Å². The smallest absolute Gasteiger partial charge is 0.0951 e. The fraction of sp³-hybridized carbons (Fsp3) is 0.438. The van der Waals surface area contributed by atoms with Gasteiger partial charge in [0, 0.05) is 23.8 Å². The van der Waals surface area contributed by atoms with E-state index < -0.39 is 0 Å². The van der Waals surface area contributed by atoms with E-state index in [2.05, 4.69) is 34.4 Å². The monoisotopic (exact) mass is 270 g/mol. The van der Waals surface area contributed by atoms with Gasteiger partial charge in [-0.05, 0) is 63.2 Å². The van der Waals surface area contributed by atoms with E-state index in [9.17, 15) is 0 Å². The Labute approximate surface area is 120 Å². The highest BCUT2D eigenvalue weighted by atomic mass is 15.1. The van der Waals surface area contributed by atoms with E-state index in [0.29, 0.717) is 0 Å². The molecule has 0 unspecified atom stereocenters. The minimum atomic E-state index is 0.741. The lowest BCUT2D eigenvalue weighted by Gasteiger charge is -2.29. The zero-order valence-electron chi connectivity index (χ0n) is 12.0. The van der Waals surface area contributed by atoms with E-state index in [0.717, 1.165) is 34.7 Å². The Bertz CT molecular complexity index is 588. The Hall–Kier alpha value is -1.81. The number of nitrogens with two attached hydrogens (primary N) is 1. The normalized spacial score (nSPS) is 17.4. The third kappa shape index (κ3) is 2.70. The van der Waals surface area contributed by atoms with Crippen LogP contribution in [0.1, 0.15) is 12.8 Å². The van der Waals surface area contributed by atoms with Gasteiger partial charge in [-0.1, -0.05) is 0 Å². The van der Waals surface area contributed by atoms with Gasteiger partial charge in [0.05, 0.1) is 11.2 Å². The number of aromatic nitrogens is 1. The highest BCUT2D eigenvalue weighted by Gasteiger charge is 2.16. The summed E-state index contributed by atoms with van der Waals surface area (Å²) in [5.41, 5.74) is 8.75. The van der Waals surface area contributed by atoms with Crippen LogP contribution in [0, 0.1) is 5.92 Å². The second-order valence-electron chi connectivity index (χ2n) is 5.73. The molecule has 20 heavy (non-hydrogen) atoms. The molecule has 2 aromatic rings. The number of benzene rings is 1. The summed E-state index contributed by atoms with van der Waals surface area (Å²) in [6.45, 7) is 3.44. The molecule has 1 aromatic heterocycles. The van der Waals surface area contributed by atoms with Gasteiger partial charge in [-0.15, -0.1) is 0 Å². The zero-order valence-corrected chi connectivity index (χ0v) is 12.0. The van der Waals surface area contributed by atoms with Crippen molar-refractivity contribution in [2.45, 2.75) is 12.8 Å². The molecule has 1 aromatic carbocycles. The van der Waals surface area contributed by atoms with E-state index in [4.69, 9.17) is 5.73 Å². The van der Waals surface area contributed by atoms with Gasteiger partial charge in [-0.3, -0.25) is 4.98 Å². The van der Waals surface area contributed by atoms with Crippen LogP contribution in [0.4, 0.5) is 11.4 Å². The number of rotatable bonds is 3. The topological polar surface area (TPSA) is 54.2 Å². The lowest BCUT2D eigenvalue weighted by Crippen LogP contribution is -2.32. The molecule has 2 heterocycles. The van der Waals surface area contributed by atoms with Crippen molar-refractivity contribution in [1.29, 1.82) is 0 Å². The van der Waals surface area contributed by atoms with Crippen molar-refractivity contribution >= 4 is 22.3 Å². The second-order valence-corrected chi connectivity index (χ2v) is 5.73. The molecule has 0 amide bonds. The number of piperidine rings is 1. The molecule has 1 aliphatic heterocycles. The minimum absolute atomic E-state index is 0.741. The van der Waals surface area contributed by atoms with Gasteiger partial charge >= 0.3 is 0 Å². The predicted molar refractivity (Wildman–Crippen MR) is 84.9 cm³/mol. The largest absolute Gasteiger partial charge is 0.397 e. The van der Waals surface area contributed by atoms with Gasteiger partial charge < -0.3 is 16.0 Å². The molecule has 0 spiro atoms. The number of nitrogens with zero attached hydrogens (tertiary/aromatic N) is 2. The van der Waals surface area contributed by atoms with Gasteiger partial charge in [0.1, 0.15) is 0 Å². The fourth-order valence-electron chi connectivity index (χ4n) is 2.87. The Morgan fingerprint density at radius 3 is 2.90 bits per heavy atom. The molecule has 3 N–H and O–H groups in total. The molecule has 4 nitrogen and oxygen atoms in total. The highest BCUT2D eigenvalue weighted by Crippen LogP contribution is 2.27. The average Bonchev–Trinajstić information content (AvgIpc) is 2.49. The van der Waals surface area contributed by atoms with Crippen molar-refractivity contribution in [3.05, 3.63) is 30.5 Å². The van der Waals surface area contributed by atoms with E-state index in [1.54, 1.807) is 6.20 Å². The highest BCUT2D eigenvalue weighted by molar-refractivity contribution is 5.98. The molecule has 1 aliphatic rings. The Kier molecular flexibility index (Phi) is 3.74. The molecule has 3 rings (SSSR count). The Morgan fingerprint density at radius 2 is 2.10 bits per heavy atom. The number of nitrogens with one attached hydrogen (secondary N) is 1. The summed E-state index contributed by atoms with van der Waals surface area (Å²) in [4.78, 5) is 6.78. The van der Waals surface area contributed by atoms with Crippen molar-refractivity contribution in [3.8, 4) is 0 Å². The summed E-state index contributed by atoms with van der Waals surface area (Å²) in [7, 11) is 2.20. The molecule has 0 radical (unpaired) electrons. The van der Waals surface area contributed by atoms with E-state index in [1.165, 1.54) is 25.9 Å². The molecule has 0 saturated carbocycles. The second kappa shape index (κ2) is 5.67. The molecular weight excluding hydrogens is 248 g/mol. The number of fused-ring (bicyclic) bond motifs is 1. The van der Waals surface area contributed by atoms with Crippen LogP contribution in [0.3, 0.4) is 0 Å². The SMILES string of the molecule is CN1CCC(CNc2ccc(N)c3ncccc23)CC1. The summed E-state index contributed by atoms with van der Waals surface area (Å²) in [5.74, 6) is 0.760. The molecule has 0 bridgehead atoms. The van der Waals surface area contributed by atoms with E-state index in [1.807, 2.05) is 12.1 Å². The summed E-state index contributed by atoms with van der Waals surface area (Å²) in [6, 6.07) is 8.04. The lowest BCUT2D eigenvalue weighted by atomic mass is 9.97. The van der Waals surface area contributed by atoms with Gasteiger partial charge in [0.25, 0.3) is 0 Å². The number of likely N-dealkylation sites (tertiary alicyclic amines) is 1. The number of nitrogen functional groups attached to an aromatic ring is 1. The first-order valence-corrected chi connectivity index (χ1v) is 7.29. The third-order valence-electron chi connectivity index (χ3n) is 4.22. The van der Waals surface area contributed by atoms with Crippen LogP contribution in [0.2, 0.25) is 0 Å². The first-order chi connectivity index (χ1) is 9.74. The number of anilines is 2. The fourth-order valence-corrected chi connectivity index (χ4v) is 2.87. The first-order valence-electron chi connectivity index (χ1n) is 7.29. The van der Waals surface area contributed by atoms with Crippen molar-refractivity contribution in [2.75, 3.05) is 37.7 Å². The first kappa shape index (κ1) is 13.2. The molecule has 106 valence electrons. The summed E-state index contributed by atoms with van der Waals surface area (Å²) >= 11 is 0. The van der Waals surface area contributed by atoms with Crippen LogP contribution in [0.5, 0.6) is 0 Å². The Balaban J connectivity index is 1.73. The van der Waals surface area contributed by atoms with Gasteiger partial charge in [-0.25, -0.2) is 0 Å². The molecule has 4 heteroatoms. The summed E-state index contributed by atoms with van der Waals surface area (Å²) in [6.07, 6.45) is 4.34. The maximum Gasteiger partial charge on any atom is 0.0951 e. The van der Waals surface area contributed by atoms with Crippen LogP contribution in [-0.4, -0.2) is 36.6 Å². The maximum atomic E-state index is 5.98. The average molecular weight is 270 g/mol. The van der Waals surface area contributed by atoms with Crippen LogP contribution in [0.25, 0.3) is 10.9 Å². The number of hydrogen-bond donors (Lipinski definition) is 2. The van der Waals surface area contributed by atoms with E-state index >= 15 is 0 Å². The zero-order chi connectivity index (χ0) is 13.9. The van der Waals surface area contributed by atoms with Crippen molar-refractivity contribution in [1.82, 2.24) is 9.88 Å². The standard InChI is InChI=1S/C16H22N4/c1-20-9-6-12(7-10-20)11-19-15-5-4-14(17)16-13(15)3-2-8-18-16/h2-5,8,12,19H,6-7,9-11,17H2,1H3. The minimum Gasteiger partial charge on any atom is -0.397 e. The van der Waals surface area contributed by atoms with Crippen LogP contribution < -0.4 is 11.1 Å². The summed E-state index contributed by atoms with van der Waals surface area (Å²) in [5, 5.41) is 4.70. The van der Waals surface area contributed by atoms with Gasteiger partial charge in [0.15, 0.2) is 0 Å². The van der Waals surface area contributed by atoms with Crippen LogP contribution in [0.15, 0.2) is 30.5 Å². The van der Waals surface area contributed by atoms with Crippen LogP contribution in [-0.2, 0) is 0 Å². The molecule has 0 atom stereocenters. The molecule has 1 fully saturated rings. The maximum absolute atomic E-state index is 5.98. The molecule has 1 saturated heterocycles. The predicted octanol–water partition coefficient (Wildman–Crippen LogP) is 2.57. The van der Waals surface area contributed by atoms with Crippen molar-refractivity contribution in [3.63, 3.8) is 0 Å². The molecule has 0 aliphatic carbocycles. The van der Waals surface area contributed by atoms with Crippen LogP contribution >= 0.6 is 0 Å². The van der Waals surface area contributed by atoms with E-state index in [-0.39, 0.29) is 0 Å². The Morgan fingerprint density at radius 1 is 1.30 bits per heavy atom. The summed E-state index contributed by atoms with van der Waals surface area (Å²) < 4.78 is 0. The van der Waals surface area contributed by atoms with Gasteiger partial charge in [0.2, 0.25) is 0 Å².